The molecule has 0 fully saturated rings. The highest BCUT2D eigenvalue weighted by Crippen LogP contribution is 2.24. The largest absolute Gasteiger partial charge is 0.480 e. The number of benzene rings is 1. The Morgan fingerprint density at radius 2 is 1.89 bits per heavy atom. The SMILES string of the molecule is CNC(c1ccc(OC)nn1)c1cc(C)ccc1C. The number of methoxy groups -OCH3 is 1. The highest BCUT2D eigenvalue weighted by molar-refractivity contribution is 5.37. The van der Waals surface area contributed by atoms with Gasteiger partial charge in [-0.3, -0.25) is 0 Å². The second kappa shape index (κ2) is 5.80. The predicted molar refractivity (Wildman–Crippen MR) is 75.4 cm³/mol. The van der Waals surface area contributed by atoms with E-state index >= 15 is 0 Å². The van der Waals surface area contributed by atoms with Crippen LogP contribution in [-0.2, 0) is 0 Å². The molecule has 0 aliphatic carbocycles. The molecule has 100 valence electrons. The van der Waals surface area contributed by atoms with Crippen molar-refractivity contribution in [3.8, 4) is 5.88 Å². The van der Waals surface area contributed by atoms with Crippen LogP contribution in [0.25, 0.3) is 0 Å². The minimum absolute atomic E-state index is 0.0401. The van der Waals surface area contributed by atoms with Crippen molar-refractivity contribution in [1.29, 1.82) is 0 Å². The van der Waals surface area contributed by atoms with E-state index in [0.717, 1.165) is 5.69 Å². The summed E-state index contributed by atoms with van der Waals surface area (Å²) < 4.78 is 5.04. The first kappa shape index (κ1) is 13.5. The van der Waals surface area contributed by atoms with E-state index in [1.54, 1.807) is 7.11 Å². The molecule has 1 unspecified atom stereocenters. The summed E-state index contributed by atoms with van der Waals surface area (Å²) in [7, 11) is 3.52. The Bertz CT molecular complexity index is 552. The normalized spacial score (nSPS) is 12.2. The van der Waals surface area contributed by atoms with Crippen molar-refractivity contribution in [3.05, 3.63) is 52.7 Å². The Hall–Kier alpha value is -1.94. The monoisotopic (exact) mass is 257 g/mol. The van der Waals surface area contributed by atoms with E-state index in [2.05, 4.69) is 47.6 Å². The molecular formula is C15H19N3O. The lowest BCUT2D eigenvalue weighted by Crippen LogP contribution is -2.20. The molecule has 0 amide bonds. The number of rotatable bonds is 4. The molecule has 2 aromatic rings. The molecule has 4 heteroatoms. The topological polar surface area (TPSA) is 47.0 Å². The number of hydrogen-bond acceptors (Lipinski definition) is 4. The summed E-state index contributed by atoms with van der Waals surface area (Å²) in [4.78, 5) is 0. The Labute approximate surface area is 113 Å². The summed E-state index contributed by atoms with van der Waals surface area (Å²) in [6.07, 6.45) is 0. The molecule has 1 aromatic carbocycles. The number of nitrogens with zero attached hydrogens (tertiary/aromatic N) is 2. The van der Waals surface area contributed by atoms with Crippen molar-refractivity contribution in [3.63, 3.8) is 0 Å². The molecule has 0 saturated carbocycles. The molecule has 0 radical (unpaired) electrons. The first-order chi connectivity index (χ1) is 9.15. The van der Waals surface area contributed by atoms with Crippen LogP contribution in [0.5, 0.6) is 5.88 Å². The molecule has 0 aliphatic rings. The van der Waals surface area contributed by atoms with Gasteiger partial charge >= 0.3 is 0 Å². The van der Waals surface area contributed by atoms with Gasteiger partial charge in [0.2, 0.25) is 5.88 Å². The number of ether oxygens (including phenoxy) is 1. The molecule has 1 atom stereocenters. The van der Waals surface area contributed by atoms with Gasteiger partial charge in [-0.05, 0) is 38.1 Å². The van der Waals surface area contributed by atoms with E-state index in [1.165, 1.54) is 16.7 Å². The fourth-order valence-electron chi connectivity index (χ4n) is 2.13. The van der Waals surface area contributed by atoms with Gasteiger partial charge in [0, 0.05) is 6.07 Å². The Morgan fingerprint density at radius 3 is 2.47 bits per heavy atom. The summed E-state index contributed by atoms with van der Waals surface area (Å²) >= 11 is 0. The zero-order chi connectivity index (χ0) is 13.8. The highest BCUT2D eigenvalue weighted by atomic mass is 16.5. The van der Waals surface area contributed by atoms with Gasteiger partial charge in [0.05, 0.1) is 18.8 Å². The number of hydrogen-bond donors (Lipinski definition) is 1. The maximum absolute atomic E-state index is 5.04. The van der Waals surface area contributed by atoms with Gasteiger partial charge in [0.1, 0.15) is 0 Å². The summed E-state index contributed by atoms with van der Waals surface area (Å²) in [6, 6.07) is 10.2. The maximum atomic E-state index is 5.04. The standard InChI is InChI=1S/C15H19N3O/c1-10-5-6-11(2)12(9-10)15(16-3)13-7-8-14(19-4)18-17-13/h5-9,15-16H,1-4H3. The Balaban J connectivity index is 2.40. The molecule has 19 heavy (non-hydrogen) atoms. The van der Waals surface area contributed by atoms with E-state index < -0.39 is 0 Å². The average molecular weight is 257 g/mol. The van der Waals surface area contributed by atoms with Crippen LogP contribution in [0.3, 0.4) is 0 Å². The van der Waals surface area contributed by atoms with Crippen LogP contribution in [-0.4, -0.2) is 24.4 Å². The lowest BCUT2D eigenvalue weighted by molar-refractivity contribution is 0.390. The van der Waals surface area contributed by atoms with Crippen LogP contribution in [0.1, 0.15) is 28.4 Å². The fraction of sp³-hybridized carbons (Fsp3) is 0.333. The van der Waals surface area contributed by atoms with Crippen molar-refractivity contribution in [1.82, 2.24) is 15.5 Å². The molecule has 1 heterocycles. The van der Waals surface area contributed by atoms with Gasteiger partial charge in [0.25, 0.3) is 0 Å². The van der Waals surface area contributed by atoms with E-state index in [1.807, 2.05) is 19.2 Å². The van der Waals surface area contributed by atoms with E-state index in [9.17, 15) is 0 Å². The van der Waals surface area contributed by atoms with Crippen LogP contribution in [0.2, 0.25) is 0 Å². The van der Waals surface area contributed by atoms with E-state index in [0.29, 0.717) is 5.88 Å². The molecule has 0 aliphatic heterocycles. The molecule has 0 spiro atoms. The zero-order valence-electron chi connectivity index (χ0n) is 11.8. The molecule has 0 bridgehead atoms. The van der Waals surface area contributed by atoms with E-state index in [4.69, 9.17) is 4.74 Å². The number of aromatic nitrogens is 2. The minimum Gasteiger partial charge on any atom is -0.480 e. The van der Waals surface area contributed by atoms with Gasteiger partial charge in [-0.15, -0.1) is 10.2 Å². The molecular weight excluding hydrogens is 238 g/mol. The zero-order valence-corrected chi connectivity index (χ0v) is 11.8. The second-order valence-electron chi connectivity index (χ2n) is 4.58. The van der Waals surface area contributed by atoms with Crippen molar-refractivity contribution in [2.24, 2.45) is 0 Å². The lowest BCUT2D eigenvalue weighted by atomic mass is 9.97. The molecule has 2 rings (SSSR count). The van der Waals surface area contributed by atoms with Gasteiger partial charge in [-0.25, -0.2) is 0 Å². The number of aryl methyl sites for hydroxylation is 2. The summed E-state index contributed by atoms with van der Waals surface area (Å²) in [5.41, 5.74) is 4.59. The molecule has 1 aromatic heterocycles. The summed E-state index contributed by atoms with van der Waals surface area (Å²) in [6.45, 7) is 4.20. The smallest absolute Gasteiger partial charge is 0.233 e. The molecule has 4 nitrogen and oxygen atoms in total. The minimum atomic E-state index is 0.0401. The highest BCUT2D eigenvalue weighted by Gasteiger charge is 2.16. The second-order valence-corrected chi connectivity index (χ2v) is 4.58. The van der Waals surface area contributed by atoms with Crippen LogP contribution >= 0.6 is 0 Å². The third-order valence-corrected chi connectivity index (χ3v) is 3.20. The van der Waals surface area contributed by atoms with Crippen molar-refractivity contribution in [2.45, 2.75) is 19.9 Å². The van der Waals surface area contributed by atoms with Crippen molar-refractivity contribution in [2.75, 3.05) is 14.2 Å². The summed E-state index contributed by atoms with van der Waals surface area (Å²) in [5.74, 6) is 0.527. The molecule has 0 saturated heterocycles. The van der Waals surface area contributed by atoms with E-state index in [-0.39, 0.29) is 6.04 Å². The van der Waals surface area contributed by atoms with Crippen LogP contribution in [0.4, 0.5) is 0 Å². The van der Waals surface area contributed by atoms with Gasteiger partial charge in [-0.2, -0.15) is 0 Å². The van der Waals surface area contributed by atoms with Crippen LogP contribution in [0, 0.1) is 13.8 Å². The predicted octanol–water partition coefficient (Wildman–Crippen LogP) is 2.41. The van der Waals surface area contributed by atoms with Gasteiger partial charge in [-0.1, -0.05) is 23.8 Å². The van der Waals surface area contributed by atoms with Crippen molar-refractivity contribution < 1.29 is 4.74 Å². The third kappa shape index (κ3) is 2.90. The lowest BCUT2D eigenvalue weighted by Gasteiger charge is -2.18. The quantitative estimate of drug-likeness (QED) is 0.913. The maximum Gasteiger partial charge on any atom is 0.233 e. The Kier molecular flexibility index (Phi) is 4.12. The average Bonchev–Trinajstić information content (AvgIpc) is 2.44. The van der Waals surface area contributed by atoms with Gasteiger partial charge in [0.15, 0.2) is 0 Å². The van der Waals surface area contributed by atoms with Crippen molar-refractivity contribution >= 4 is 0 Å². The Morgan fingerprint density at radius 1 is 1.11 bits per heavy atom. The fourth-order valence-corrected chi connectivity index (χ4v) is 2.13. The number of nitrogens with one attached hydrogen (secondary N) is 1. The first-order valence-corrected chi connectivity index (χ1v) is 6.27. The molecule has 1 N–H and O–H groups in total. The van der Waals surface area contributed by atoms with Gasteiger partial charge < -0.3 is 10.1 Å². The summed E-state index contributed by atoms with van der Waals surface area (Å²) in [5, 5.41) is 11.6. The third-order valence-electron chi connectivity index (χ3n) is 3.20. The first-order valence-electron chi connectivity index (χ1n) is 6.27. The van der Waals surface area contributed by atoms with Crippen LogP contribution < -0.4 is 10.1 Å². The van der Waals surface area contributed by atoms with Crippen LogP contribution in [0.15, 0.2) is 30.3 Å².